The molecule has 5 heteroatoms. The molecule has 130 valence electrons. The van der Waals surface area contributed by atoms with Crippen molar-refractivity contribution in [2.45, 2.75) is 38.4 Å². The molecule has 0 unspecified atom stereocenters. The molecule has 1 saturated heterocycles. The van der Waals surface area contributed by atoms with E-state index < -0.39 is 0 Å². The first kappa shape index (κ1) is 15.6. The number of nitrogens with zero attached hydrogens (tertiary/aromatic N) is 3. The fourth-order valence-electron chi connectivity index (χ4n) is 4.51. The molecule has 1 aliphatic carbocycles. The lowest BCUT2D eigenvalue weighted by Gasteiger charge is -2.29. The molecule has 0 radical (unpaired) electrons. The van der Waals surface area contributed by atoms with Gasteiger partial charge < -0.3 is 9.72 Å². The molecule has 4 heterocycles. The van der Waals surface area contributed by atoms with Gasteiger partial charge in [-0.3, -0.25) is 4.90 Å². The maximum absolute atomic E-state index is 4.58. The second kappa shape index (κ2) is 6.24. The van der Waals surface area contributed by atoms with Crippen molar-refractivity contribution in [2.24, 2.45) is 5.41 Å². The van der Waals surface area contributed by atoms with Crippen molar-refractivity contribution in [3.8, 4) is 0 Å². The number of hydrogen-bond donors (Lipinski definition) is 1. The Morgan fingerprint density at radius 1 is 1.24 bits per heavy atom. The summed E-state index contributed by atoms with van der Waals surface area (Å²) in [5.74, 6) is 0. The predicted octanol–water partition coefficient (Wildman–Crippen LogP) is 3.54. The van der Waals surface area contributed by atoms with Crippen LogP contribution >= 0.6 is 11.3 Å². The lowest BCUT2D eigenvalue weighted by atomic mass is 9.93. The van der Waals surface area contributed by atoms with Crippen LogP contribution in [0.4, 0.5) is 0 Å². The molecule has 0 bridgehead atoms. The van der Waals surface area contributed by atoms with Crippen LogP contribution in [-0.2, 0) is 13.1 Å². The van der Waals surface area contributed by atoms with Gasteiger partial charge in [0, 0.05) is 25.3 Å². The number of nitrogens with one attached hydrogen (secondary N) is 1. The first-order chi connectivity index (χ1) is 12.3. The zero-order valence-electron chi connectivity index (χ0n) is 14.4. The van der Waals surface area contributed by atoms with E-state index >= 15 is 0 Å². The van der Waals surface area contributed by atoms with Gasteiger partial charge in [-0.2, -0.15) is 11.3 Å². The standard InChI is InChI=1S/C20H24N4S/c1-2-9-24-17(12-22-19(24)3-1)14-23(13-16-4-10-25-15-16)18-11-20(18)5-7-21-8-6-20/h1-4,9-10,12,15,18,21H,5-8,11,13-14H2/t18-/m0/s1. The van der Waals surface area contributed by atoms with Gasteiger partial charge in [0.05, 0.1) is 11.9 Å². The van der Waals surface area contributed by atoms with Gasteiger partial charge in [0.15, 0.2) is 0 Å². The quantitative estimate of drug-likeness (QED) is 0.762. The van der Waals surface area contributed by atoms with Crippen LogP contribution in [0.2, 0.25) is 0 Å². The van der Waals surface area contributed by atoms with Crippen molar-refractivity contribution in [1.82, 2.24) is 19.6 Å². The number of rotatable bonds is 5. The van der Waals surface area contributed by atoms with Gasteiger partial charge in [0.25, 0.3) is 0 Å². The third kappa shape index (κ3) is 2.90. The highest BCUT2D eigenvalue weighted by molar-refractivity contribution is 7.07. The second-order valence-electron chi connectivity index (χ2n) is 7.55. The molecule has 1 aliphatic heterocycles. The molecule has 1 atom stereocenters. The molecule has 3 aromatic heterocycles. The zero-order valence-corrected chi connectivity index (χ0v) is 15.2. The first-order valence-electron chi connectivity index (χ1n) is 9.21. The Bertz CT molecular complexity index is 848. The summed E-state index contributed by atoms with van der Waals surface area (Å²) in [7, 11) is 0. The number of pyridine rings is 1. The summed E-state index contributed by atoms with van der Waals surface area (Å²) >= 11 is 1.80. The van der Waals surface area contributed by atoms with E-state index in [0.29, 0.717) is 11.5 Å². The van der Waals surface area contributed by atoms with Crippen molar-refractivity contribution in [3.63, 3.8) is 0 Å². The molecule has 4 nitrogen and oxygen atoms in total. The van der Waals surface area contributed by atoms with Gasteiger partial charge in [-0.1, -0.05) is 6.07 Å². The highest BCUT2D eigenvalue weighted by Crippen LogP contribution is 2.56. The van der Waals surface area contributed by atoms with Crippen LogP contribution in [0.25, 0.3) is 5.65 Å². The summed E-state index contributed by atoms with van der Waals surface area (Å²) in [5, 5.41) is 8.00. The highest BCUT2D eigenvalue weighted by Gasteiger charge is 2.56. The summed E-state index contributed by atoms with van der Waals surface area (Å²) in [5.41, 5.74) is 4.33. The van der Waals surface area contributed by atoms with Gasteiger partial charge in [0.1, 0.15) is 5.65 Å². The Morgan fingerprint density at radius 2 is 2.16 bits per heavy atom. The predicted molar refractivity (Wildman–Crippen MR) is 102 cm³/mol. The van der Waals surface area contributed by atoms with E-state index in [4.69, 9.17) is 0 Å². The Labute approximate surface area is 152 Å². The van der Waals surface area contributed by atoms with Crippen molar-refractivity contribution in [1.29, 1.82) is 0 Å². The Morgan fingerprint density at radius 3 is 3.00 bits per heavy atom. The van der Waals surface area contributed by atoms with Crippen molar-refractivity contribution < 1.29 is 0 Å². The van der Waals surface area contributed by atoms with Gasteiger partial charge in [-0.05, 0) is 72.3 Å². The molecule has 1 saturated carbocycles. The fourth-order valence-corrected chi connectivity index (χ4v) is 5.17. The Balaban J connectivity index is 1.41. The van der Waals surface area contributed by atoms with E-state index in [1.807, 2.05) is 6.20 Å². The Kier molecular flexibility index (Phi) is 3.88. The van der Waals surface area contributed by atoms with Gasteiger partial charge in [0.2, 0.25) is 0 Å². The van der Waals surface area contributed by atoms with Crippen LogP contribution < -0.4 is 5.32 Å². The summed E-state index contributed by atoms with van der Waals surface area (Å²) in [6, 6.07) is 9.21. The topological polar surface area (TPSA) is 32.6 Å². The van der Waals surface area contributed by atoms with Crippen LogP contribution in [0.5, 0.6) is 0 Å². The molecule has 5 rings (SSSR count). The smallest absolute Gasteiger partial charge is 0.136 e. The minimum atomic E-state index is 0.557. The summed E-state index contributed by atoms with van der Waals surface area (Å²) in [6.07, 6.45) is 8.19. The van der Waals surface area contributed by atoms with Crippen LogP contribution in [0.1, 0.15) is 30.5 Å². The van der Waals surface area contributed by atoms with E-state index in [0.717, 1.165) is 18.7 Å². The van der Waals surface area contributed by atoms with E-state index in [-0.39, 0.29) is 0 Å². The average Bonchev–Trinajstić information content (AvgIpc) is 3.03. The van der Waals surface area contributed by atoms with Gasteiger partial charge >= 0.3 is 0 Å². The molecule has 0 aromatic carbocycles. The monoisotopic (exact) mass is 352 g/mol. The van der Waals surface area contributed by atoms with E-state index in [1.165, 1.54) is 43.6 Å². The van der Waals surface area contributed by atoms with E-state index in [2.05, 4.69) is 60.8 Å². The van der Waals surface area contributed by atoms with E-state index in [9.17, 15) is 0 Å². The number of piperidine rings is 1. The van der Waals surface area contributed by atoms with Crippen molar-refractivity contribution in [3.05, 3.63) is 58.7 Å². The average molecular weight is 353 g/mol. The SMILES string of the molecule is c1ccn2c(CN(Cc3ccsc3)[C@H]3CC34CCNCC4)cnc2c1. The number of aromatic nitrogens is 2. The zero-order chi connectivity index (χ0) is 16.7. The van der Waals surface area contributed by atoms with Crippen molar-refractivity contribution in [2.75, 3.05) is 13.1 Å². The molecule has 2 fully saturated rings. The first-order valence-corrected chi connectivity index (χ1v) is 10.2. The molecular formula is C20H24N4S. The van der Waals surface area contributed by atoms with Crippen LogP contribution in [-0.4, -0.2) is 33.4 Å². The largest absolute Gasteiger partial charge is 0.317 e. The van der Waals surface area contributed by atoms with E-state index in [1.54, 1.807) is 11.3 Å². The number of imidazole rings is 1. The van der Waals surface area contributed by atoms with Crippen molar-refractivity contribution >= 4 is 17.0 Å². The fraction of sp³-hybridized carbons (Fsp3) is 0.450. The highest BCUT2D eigenvalue weighted by atomic mass is 32.1. The van der Waals surface area contributed by atoms with Gasteiger partial charge in [-0.25, -0.2) is 4.98 Å². The van der Waals surface area contributed by atoms with Gasteiger partial charge in [-0.15, -0.1) is 0 Å². The number of fused-ring (bicyclic) bond motifs is 1. The summed E-state index contributed by atoms with van der Waals surface area (Å²) < 4.78 is 2.23. The molecule has 1 N–H and O–H groups in total. The molecule has 2 aliphatic rings. The Hall–Kier alpha value is -1.69. The third-order valence-corrected chi connectivity index (χ3v) is 6.74. The maximum atomic E-state index is 4.58. The molecule has 1 spiro atoms. The minimum Gasteiger partial charge on any atom is -0.317 e. The molecule has 3 aromatic rings. The van der Waals surface area contributed by atoms with Crippen LogP contribution in [0.15, 0.2) is 47.4 Å². The lowest BCUT2D eigenvalue weighted by molar-refractivity contribution is 0.186. The summed E-state index contributed by atoms with van der Waals surface area (Å²) in [6.45, 7) is 4.38. The van der Waals surface area contributed by atoms with Crippen LogP contribution in [0, 0.1) is 5.41 Å². The number of hydrogen-bond acceptors (Lipinski definition) is 4. The number of thiophene rings is 1. The van der Waals surface area contributed by atoms with Crippen LogP contribution in [0.3, 0.4) is 0 Å². The maximum Gasteiger partial charge on any atom is 0.136 e. The lowest BCUT2D eigenvalue weighted by Crippen LogP contribution is -2.35. The third-order valence-electron chi connectivity index (χ3n) is 6.01. The molecular weight excluding hydrogens is 328 g/mol. The molecule has 25 heavy (non-hydrogen) atoms. The minimum absolute atomic E-state index is 0.557. The second-order valence-corrected chi connectivity index (χ2v) is 8.33. The normalized spacial score (nSPS) is 22.0. The summed E-state index contributed by atoms with van der Waals surface area (Å²) in [4.78, 5) is 7.28. The molecule has 0 amide bonds.